The molecule has 2 aromatic carbocycles. The van der Waals surface area contributed by atoms with Gasteiger partial charge in [-0.05, 0) is 73.1 Å². The highest BCUT2D eigenvalue weighted by molar-refractivity contribution is 6.37. The molecular weight excluding hydrogens is 535 g/mol. The van der Waals surface area contributed by atoms with Gasteiger partial charge in [0.25, 0.3) is 5.56 Å². The molecule has 9 heteroatoms. The second kappa shape index (κ2) is 13.0. The van der Waals surface area contributed by atoms with Crippen molar-refractivity contribution in [3.8, 4) is 17.2 Å². The zero-order valence-electron chi connectivity index (χ0n) is 22.9. The first kappa shape index (κ1) is 29.1. The van der Waals surface area contributed by atoms with E-state index in [2.05, 4.69) is 47.5 Å². The average molecular weight is 572 g/mol. The molecule has 1 atom stereocenters. The summed E-state index contributed by atoms with van der Waals surface area (Å²) in [6.45, 7) is 8.96. The fraction of sp³-hybridized carbons (Fsp3) is 0.433. The molecule has 2 heterocycles. The summed E-state index contributed by atoms with van der Waals surface area (Å²) in [6.07, 6.45) is 9.52. The van der Waals surface area contributed by atoms with Crippen molar-refractivity contribution in [2.45, 2.75) is 72.3 Å². The molecule has 3 aromatic rings. The van der Waals surface area contributed by atoms with E-state index in [0.717, 1.165) is 17.5 Å². The Balaban J connectivity index is 0.00000172. The lowest BCUT2D eigenvalue weighted by molar-refractivity contribution is 0.482. The molecule has 39 heavy (non-hydrogen) atoms. The largest absolute Gasteiger partial charge is 0.454 e. The van der Waals surface area contributed by atoms with Gasteiger partial charge in [0, 0.05) is 6.54 Å². The average Bonchev–Trinajstić information content (AvgIpc) is 3.62. The van der Waals surface area contributed by atoms with Gasteiger partial charge in [0.05, 0.1) is 21.8 Å². The van der Waals surface area contributed by atoms with Gasteiger partial charge < -0.3 is 10.1 Å². The third kappa shape index (κ3) is 6.65. The molecule has 1 saturated heterocycles. The van der Waals surface area contributed by atoms with Crippen LogP contribution in [0, 0.1) is 12.8 Å². The van der Waals surface area contributed by atoms with E-state index in [1.807, 2.05) is 19.9 Å². The minimum Gasteiger partial charge on any atom is -0.454 e. The van der Waals surface area contributed by atoms with Crippen molar-refractivity contribution in [2.75, 3.05) is 6.54 Å². The smallest absolute Gasteiger partial charge is 0.349 e. The molecule has 7 nitrogen and oxygen atoms in total. The van der Waals surface area contributed by atoms with Gasteiger partial charge in [-0.3, -0.25) is 9.78 Å². The van der Waals surface area contributed by atoms with Gasteiger partial charge in [0.2, 0.25) is 0 Å². The van der Waals surface area contributed by atoms with E-state index in [9.17, 15) is 9.59 Å². The summed E-state index contributed by atoms with van der Waals surface area (Å²) in [5.74, 6) is 1.51. The van der Waals surface area contributed by atoms with Gasteiger partial charge in [0.15, 0.2) is 5.75 Å². The number of allylic oxidation sites excluding steroid dienone is 2. The number of nitrogens with zero attached hydrogens (tertiary/aromatic N) is 2. The van der Waals surface area contributed by atoms with Gasteiger partial charge in [-0.1, -0.05) is 75.4 Å². The van der Waals surface area contributed by atoms with Crippen LogP contribution in [0.25, 0.3) is 11.3 Å². The second-order valence-electron chi connectivity index (χ2n) is 9.76. The van der Waals surface area contributed by atoms with E-state index in [-0.39, 0.29) is 21.8 Å². The number of unbranched alkanes of at least 4 members (excludes halogenated alkanes) is 1. The quantitative estimate of drug-likeness (QED) is 0.275. The molecule has 0 amide bonds. The molecular formula is C30H36Cl2N4O3. The van der Waals surface area contributed by atoms with Crippen LogP contribution < -0.4 is 21.3 Å². The number of aromatic amines is 1. The van der Waals surface area contributed by atoms with Gasteiger partial charge in [-0.25, -0.2) is 4.79 Å². The molecule has 2 fully saturated rings. The number of rotatable bonds is 8. The SMILES string of the molecule is CC.CCC/C=C(\c1cc(Oc2c(Cl)cc(-n3nc(C4CN4)c(=O)[nH]c3=O)cc2Cl)ccc1C)C1CCCC1. The summed E-state index contributed by atoms with van der Waals surface area (Å²) in [7, 11) is 0. The third-order valence-corrected chi connectivity index (χ3v) is 7.57. The minimum atomic E-state index is -0.670. The minimum absolute atomic E-state index is 0.166. The molecule has 0 radical (unpaired) electrons. The molecule has 1 aromatic heterocycles. The summed E-state index contributed by atoms with van der Waals surface area (Å²) in [4.78, 5) is 26.9. The summed E-state index contributed by atoms with van der Waals surface area (Å²) in [5.41, 5.74) is 3.21. The van der Waals surface area contributed by atoms with Crippen LogP contribution in [0.3, 0.4) is 0 Å². The maximum Gasteiger partial charge on any atom is 0.349 e. The molecule has 1 aliphatic carbocycles. The number of ether oxygens (including phenoxy) is 1. The lowest BCUT2D eigenvalue weighted by Gasteiger charge is -2.19. The molecule has 1 aliphatic heterocycles. The van der Waals surface area contributed by atoms with Crippen LogP contribution in [0.15, 0.2) is 46.0 Å². The number of aromatic nitrogens is 3. The monoisotopic (exact) mass is 570 g/mol. The van der Waals surface area contributed by atoms with Gasteiger partial charge in [-0.2, -0.15) is 9.78 Å². The predicted molar refractivity (Wildman–Crippen MR) is 159 cm³/mol. The van der Waals surface area contributed by atoms with E-state index in [4.69, 9.17) is 27.9 Å². The molecule has 5 rings (SSSR count). The Hall–Kier alpha value is -2.87. The summed E-state index contributed by atoms with van der Waals surface area (Å²) in [6, 6.07) is 8.99. The molecule has 2 aliphatic rings. The lowest BCUT2D eigenvalue weighted by Crippen LogP contribution is -2.34. The fourth-order valence-corrected chi connectivity index (χ4v) is 5.51. The Morgan fingerprint density at radius 2 is 1.79 bits per heavy atom. The van der Waals surface area contributed by atoms with Crippen LogP contribution in [0.4, 0.5) is 0 Å². The Labute approximate surface area is 239 Å². The number of benzene rings is 2. The Morgan fingerprint density at radius 3 is 2.41 bits per heavy atom. The second-order valence-corrected chi connectivity index (χ2v) is 10.6. The highest BCUT2D eigenvalue weighted by Crippen LogP contribution is 2.42. The molecule has 208 valence electrons. The Kier molecular flexibility index (Phi) is 9.70. The number of H-pyrrole nitrogens is 1. The summed E-state index contributed by atoms with van der Waals surface area (Å²) >= 11 is 13.2. The standard InChI is InChI=1S/C28H30Cl2N4O3.C2H6/c1-3-4-9-20(17-7-5-6-8-17)21-14-19(11-10-16(21)2)37-26-22(29)12-18(13-23(26)30)34-28(36)32-27(35)25(33-34)24-15-31-24;1-2/h9-14,17,24,31H,3-8,15H2,1-2H3,(H,32,35,36);1-2H3/b20-9-;. The van der Waals surface area contributed by atoms with Crippen molar-refractivity contribution < 1.29 is 4.74 Å². The summed E-state index contributed by atoms with van der Waals surface area (Å²) < 4.78 is 7.29. The topological polar surface area (TPSA) is 98.9 Å². The fourth-order valence-electron chi connectivity index (χ4n) is 4.96. The molecule has 0 bridgehead atoms. The number of halogens is 2. The first-order chi connectivity index (χ1) is 18.9. The predicted octanol–water partition coefficient (Wildman–Crippen LogP) is 7.37. The van der Waals surface area contributed by atoms with Crippen LogP contribution in [0.1, 0.15) is 82.2 Å². The van der Waals surface area contributed by atoms with Crippen LogP contribution in [-0.4, -0.2) is 21.3 Å². The highest BCUT2D eigenvalue weighted by atomic mass is 35.5. The van der Waals surface area contributed by atoms with Crippen molar-refractivity contribution in [1.82, 2.24) is 20.1 Å². The molecule has 1 unspecified atom stereocenters. The molecule has 2 N–H and O–H groups in total. The van der Waals surface area contributed by atoms with Crippen LogP contribution in [0.2, 0.25) is 10.0 Å². The number of hydrogen-bond acceptors (Lipinski definition) is 5. The first-order valence-corrected chi connectivity index (χ1v) is 14.6. The number of aryl methyl sites for hydroxylation is 1. The first-order valence-electron chi connectivity index (χ1n) is 13.8. The highest BCUT2D eigenvalue weighted by Gasteiger charge is 2.28. The molecule has 1 saturated carbocycles. The maximum atomic E-state index is 12.5. The van der Waals surface area contributed by atoms with E-state index in [0.29, 0.717) is 29.6 Å². The Bertz CT molecular complexity index is 1440. The maximum absolute atomic E-state index is 12.5. The van der Waals surface area contributed by atoms with Crippen LogP contribution >= 0.6 is 23.2 Å². The van der Waals surface area contributed by atoms with Crippen molar-refractivity contribution in [3.63, 3.8) is 0 Å². The van der Waals surface area contributed by atoms with Crippen molar-refractivity contribution in [1.29, 1.82) is 0 Å². The van der Waals surface area contributed by atoms with Gasteiger partial charge in [-0.15, -0.1) is 0 Å². The van der Waals surface area contributed by atoms with E-state index < -0.39 is 11.2 Å². The Morgan fingerprint density at radius 1 is 1.13 bits per heavy atom. The zero-order chi connectivity index (χ0) is 28.1. The number of nitrogens with one attached hydrogen (secondary N) is 2. The van der Waals surface area contributed by atoms with Crippen LogP contribution in [-0.2, 0) is 0 Å². The van der Waals surface area contributed by atoms with E-state index >= 15 is 0 Å². The normalized spacial score (nSPS) is 17.1. The van der Waals surface area contributed by atoms with Crippen molar-refractivity contribution >= 4 is 28.8 Å². The lowest BCUT2D eigenvalue weighted by atomic mass is 9.87. The summed E-state index contributed by atoms with van der Waals surface area (Å²) in [5, 5.41) is 7.72. The number of hydrogen-bond donors (Lipinski definition) is 2. The molecule has 0 spiro atoms. The van der Waals surface area contributed by atoms with Gasteiger partial charge >= 0.3 is 5.69 Å². The van der Waals surface area contributed by atoms with Gasteiger partial charge in [0.1, 0.15) is 11.4 Å². The van der Waals surface area contributed by atoms with Crippen molar-refractivity contribution in [3.05, 3.63) is 84.1 Å². The third-order valence-electron chi connectivity index (χ3n) is 7.01. The van der Waals surface area contributed by atoms with E-state index in [1.165, 1.54) is 42.4 Å². The zero-order valence-corrected chi connectivity index (χ0v) is 24.5. The van der Waals surface area contributed by atoms with E-state index in [1.54, 1.807) is 12.1 Å². The van der Waals surface area contributed by atoms with Crippen LogP contribution in [0.5, 0.6) is 11.5 Å². The van der Waals surface area contributed by atoms with Crippen molar-refractivity contribution in [2.24, 2.45) is 5.92 Å².